The SMILES string of the molecule is c1c[cH-]c(Cc2cc[cH-]c2)c1. The Hall–Kier alpha value is -1.30. The van der Waals surface area contributed by atoms with Gasteiger partial charge in [0.2, 0.25) is 0 Å². The maximum Gasteiger partial charge on any atom is -0.0823 e. The van der Waals surface area contributed by atoms with E-state index in [4.69, 9.17) is 0 Å². The van der Waals surface area contributed by atoms with E-state index in [2.05, 4.69) is 48.5 Å². The van der Waals surface area contributed by atoms with Gasteiger partial charge in [-0.2, -0.15) is 41.5 Å². The van der Waals surface area contributed by atoms with Crippen molar-refractivity contribution in [1.29, 1.82) is 0 Å². The van der Waals surface area contributed by atoms with Crippen LogP contribution in [0.1, 0.15) is 11.1 Å². The van der Waals surface area contributed by atoms with Crippen molar-refractivity contribution >= 4 is 0 Å². The molecule has 0 heteroatoms. The molecule has 2 rings (SSSR count). The lowest BCUT2D eigenvalue weighted by Crippen LogP contribution is -1.79. The summed E-state index contributed by atoms with van der Waals surface area (Å²) in [5.74, 6) is 0. The molecule has 0 saturated carbocycles. The minimum absolute atomic E-state index is 1.07. The molecule has 0 amide bonds. The smallest absolute Gasteiger partial charge is 0.0823 e. The van der Waals surface area contributed by atoms with E-state index in [1.165, 1.54) is 11.1 Å². The summed E-state index contributed by atoms with van der Waals surface area (Å²) in [7, 11) is 0. The van der Waals surface area contributed by atoms with Crippen LogP contribution in [0.25, 0.3) is 0 Å². The number of hydrogen-bond donors (Lipinski definition) is 0. The third-order valence-electron chi connectivity index (χ3n) is 1.87. The van der Waals surface area contributed by atoms with Crippen LogP contribution in [0.5, 0.6) is 0 Å². The fraction of sp³-hybridized carbons (Fsp3) is 0.0909. The topological polar surface area (TPSA) is 0 Å². The van der Waals surface area contributed by atoms with E-state index in [9.17, 15) is 0 Å². The first kappa shape index (κ1) is 6.41. The van der Waals surface area contributed by atoms with Crippen molar-refractivity contribution in [2.75, 3.05) is 0 Å². The quantitative estimate of drug-likeness (QED) is 0.565. The lowest BCUT2D eigenvalue weighted by molar-refractivity contribution is 1.23. The molecular formula is C11H10-2. The van der Waals surface area contributed by atoms with Gasteiger partial charge in [-0.25, -0.2) is 18.2 Å². The molecule has 56 valence electrons. The van der Waals surface area contributed by atoms with Crippen LogP contribution in [-0.4, -0.2) is 0 Å². The van der Waals surface area contributed by atoms with Crippen LogP contribution in [0, 0.1) is 0 Å². The Morgan fingerprint density at radius 3 is 2.82 bits per heavy atom. The van der Waals surface area contributed by atoms with Crippen molar-refractivity contribution < 1.29 is 0 Å². The van der Waals surface area contributed by atoms with E-state index in [1.54, 1.807) is 0 Å². The molecule has 0 aliphatic rings. The highest BCUT2D eigenvalue weighted by atomic mass is 14.0. The van der Waals surface area contributed by atoms with Gasteiger partial charge in [0, 0.05) is 0 Å². The van der Waals surface area contributed by atoms with Gasteiger partial charge in [-0.3, -0.25) is 0 Å². The fourth-order valence-corrected chi connectivity index (χ4v) is 1.30. The highest BCUT2D eigenvalue weighted by molar-refractivity contribution is 5.27. The van der Waals surface area contributed by atoms with Crippen LogP contribution < -0.4 is 0 Å². The normalized spacial score (nSPS) is 10.2. The number of rotatable bonds is 2. The predicted octanol–water partition coefficient (Wildman–Crippen LogP) is 2.72. The van der Waals surface area contributed by atoms with E-state index in [-0.39, 0.29) is 0 Å². The van der Waals surface area contributed by atoms with Crippen molar-refractivity contribution in [2.24, 2.45) is 0 Å². The first-order chi connectivity index (χ1) is 5.45. The predicted molar refractivity (Wildman–Crippen MR) is 46.9 cm³/mol. The van der Waals surface area contributed by atoms with Gasteiger partial charge in [0.15, 0.2) is 0 Å². The summed E-state index contributed by atoms with van der Waals surface area (Å²) in [6.07, 6.45) is 1.07. The molecule has 0 aliphatic carbocycles. The fourth-order valence-electron chi connectivity index (χ4n) is 1.30. The first-order valence-corrected chi connectivity index (χ1v) is 3.86. The van der Waals surface area contributed by atoms with E-state index in [1.807, 2.05) is 0 Å². The molecule has 11 heavy (non-hydrogen) atoms. The zero-order valence-electron chi connectivity index (χ0n) is 6.33. The van der Waals surface area contributed by atoms with E-state index in [0.29, 0.717) is 0 Å². The van der Waals surface area contributed by atoms with Crippen molar-refractivity contribution in [1.82, 2.24) is 0 Å². The molecule has 0 nitrogen and oxygen atoms in total. The lowest BCUT2D eigenvalue weighted by Gasteiger charge is -2.04. The van der Waals surface area contributed by atoms with Gasteiger partial charge < -0.3 is 0 Å². The van der Waals surface area contributed by atoms with E-state index in [0.717, 1.165) is 6.42 Å². The molecule has 2 aromatic rings. The Bertz CT molecular complexity index is 252. The van der Waals surface area contributed by atoms with E-state index >= 15 is 0 Å². The molecule has 0 spiro atoms. The molecule has 0 atom stereocenters. The third-order valence-corrected chi connectivity index (χ3v) is 1.87. The summed E-state index contributed by atoms with van der Waals surface area (Å²) >= 11 is 0. The van der Waals surface area contributed by atoms with Crippen molar-refractivity contribution in [3.8, 4) is 0 Å². The van der Waals surface area contributed by atoms with Crippen molar-refractivity contribution in [3.63, 3.8) is 0 Å². The molecule has 0 fully saturated rings. The molecule has 0 radical (unpaired) electrons. The summed E-state index contributed by atoms with van der Waals surface area (Å²) in [4.78, 5) is 0. The highest BCUT2D eigenvalue weighted by Gasteiger charge is 1.81. The van der Waals surface area contributed by atoms with Gasteiger partial charge in [0.1, 0.15) is 0 Å². The molecule has 0 aliphatic heterocycles. The van der Waals surface area contributed by atoms with Crippen molar-refractivity contribution in [3.05, 3.63) is 59.7 Å². The second-order valence-electron chi connectivity index (χ2n) is 2.76. The van der Waals surface area contributed by atoms with Crippen LogP contribution in [-0.2, 0) is 6.42 Å². The van der Waals surface area contributed by atoms with Gasteiger partial charge in [0.05, 0.1) is 0 Å². The monoisotopic (exact) mass is 142 g/mol. The Kier molecular flexibility index (Phi) is 1.60. The van der Waals surface area contributed by atoms with E-state index < -0.39 is 0 Å². The zero-order valence-corrected chi connectivity index (χ0v) is 6.33. The molecule has 0 heterocycles. The van der Waals surface area contributed by atoms with Gasteiger partial charge in [-0.05, 0) is 0 Å². The molecular weight excluding hydrogens is 132 g/mol. The number of hydrogen-bond acceptors (Lipinski definition) is 0. The van der Waals surface area contributed by atoms with Crippen LogP contribution >= 0.6 is 0 Å². The summed E-state index contributed by atoms with van der Waals surface area (Å²) in [6.45, 7) is 0. The van der Waals surface area contributed by atoms with Crippen LogP contribution in [0.4, 0.5) is 0 Å². The minimum atomic E-state index is 1.07. The first-order valence-electron chi connectivity index (χ1n) is 3.86. The van der Waals surface area contributed by atoms with Gasteiger partial charge in [-0.1, -0.05) is 6.42 Å². The Morgan fingerprint density at radius 2 is 2.18 bits per heavy atom. The molecule has 2 aromatic carbocycles. The molecule has 0 N–H and O–H groups in total. The largest absolute Gasteiger partial charge is 0.213 e. The average Bonchev–Trinajstić information content (AvgIpc) is 2.60. The van der Waals surface area contributed by atoms with Crippen molar-refractivity contribution in [2.45, 2.75) is 6.42 Å². The second-order valence-corrected chi connectivity index (χ2v) is 2.76. The summed E-state index contributed by atoms with van der Waals surface area (Å²) in [5, 5.41) is 0. The lowest BCUT2D eigenvalue weighted by atomic mass is 10.1. The van der Waals surface area contributed by atoms with Crippen LogP contribution in [0.2, 0.25) is 0 Å². The molecule has 0 bridgehead atoms. The van der Waals surface area contributed by atoms with Crippen LogP contribution in [0.15, 0.2) is 48.5 Å². The Morgan fingerprint density at radius 1 is 1.18 bits per heavy atom. The van der Waals surface area contributed by atoms with Gasteiger partial charge in [-0.15, -0.1) is 0 Å². The zero-order chi connectivity index (χ0) is 7.52. The maximum atomic E-state index is 2.16. The summed E-state index contributed by atoms with van der Waals surface area (Å²) < 4.78 is 0. The molecule has 0 saturated heterocycles. The maximum absolute atomic E-state index is 2.16. The minimum Gasteiger partial charge on any atom is -0.213 e. The Labute approximate surface area is 66.8 Å². The third kappa shape index (κ3) is 1.40. The van der Waals surface area contributed by atoms with Gasteiger partial charge >= 0.3 is 0 Å². The second kappa shape index (κ2) is 2.75. The van der Waals surface area contributed by atoms with Crippen LogP contribution in [0.3, 0.4) is 0 Å². The summed E-state index contributed by atoms with van der Waals surface area (Å²) in [6, 6.07) is 17.0. The molecule has 0 unspecified atom stereocenters. The average molecular weight is 142 g/mol. The highest BCUT2D eigenvalue weighted by Crippen LogP contribution is 2.09. The summed E-state index contributed by atoms with van der Waals surface area (Å²) in [5.41, 5.74) is 2.80. The Balaban J connectivity index is 2.14. The molecule has 0 aromatic heterocycles. The standard InChI is InChI=1S/C11H10/c1-2-6-10(5-1)9-11-7-3-4-8-11/h1-8H,9H2/q-2. The van der Waals surface area contributed by atoms with Gasteiger partial charge in [0.25, 0.3) is 0 Å².